The number of benzene rings is 3. The van der Waals surface area contributed by atoms with E-state index in [0.29, 0.717) is 17.1 Å². The fraction of sp³-hybridized carbons (Fsp3) is 0.394. The van der Waals surface area contributed by atoms with Crippen LogP contribution in [-0.4, -0.2) is 43.8 Å². The number of sulfonamides is 1. The Hall–Kier alpha value is -3.36. The van der Waals surface area contributed by atoms with Crippen LogP contribution in [0, 0.1) is 13.8 Å². The molecule has 3 aromatic carbocycles. The molecule has 3 aromatic rings. The Morgan fingerprint density at radius 1 is 0.929 bits per heavy atom. The van der Waals surface area contributed by atoms with Crippen molar-refractivity contribution in [1.29, 1.82) is 0 Å². The predicted octanol–water partition coefficient (Wildman–Crippen LogP) is 6.41. The average molecular weight is 610 g/mol. The van der Waals surface area contributed by atoms with Gasteiger partial charge in [0.2, 0.25) is 11.8 Å². The number of halogens is 1. The molecule has 0 heterocycles. The summed E-state index contributed by atoms with van der Waals surface area (Å²) in [6.07, 6.45) is 5.55. The van der Waals surface area contributed by atoms with Gasteiger partial charge in [0.25, 0.3) is 10.0 Å². The maximum atomic E-state index is 14.2. The summed E-state index contributed by atoms with van der Waals surface area (Å²) in [6.45, 7) is 5.44. The van der Waals surface area contributed by atoms with E-state index in [1.807, 2.05) is 57.2 Å². The van der Waals surface area contributed by atoms with E-state index in [0.717, 1.165) is 46.7 Å². The van der Waals surface area contributed by atoms with Gasteiger partial charge in [0.15, 0.2) is 0 Å². The quantitative estimate of drug-likeness (QED) is 0.272. The number of amides is 2. The normalized spacial score (nSPS) is 14.7. The minimum Gasteiger partial charge on any atom is -0.352 e. The van der Waals surface area contributed by atoms with Crippen LogP contribution in [0.2, 0.25) is 5.02 Å². The number of hydrogen-bond acceptors (Lipinski definition) is 4. The first-order chi connectivity index (χ1) is 20.1. The molecule has 7 nitrogen and oxygen atoms in total. The number of aryl methyl sites for hydroxylation is 2. The summed E-state index contributed by atoms with van der Waals surface area (Å²) < 4.78 is 29.2. The lowest BCUT2D eigenvalue weighted by atomic mass is 9.95. The number of hydrogen-bond donors (Lipinski definition) is 1. The second-order valence-corrected chi connectivity index (χ2v) is 13.3. The van der Waals surface area contributed by atoms with Crippen LogP contribution in [-0.2, 0) is 26.2 Å². The lowest BCUT2D eigenvalue weighted by Crippen LogP contribution is -2.54. The zero-order chi connectivity index (χ0) is 30.3. The van der Waals surface area contributed by atoms with Crippen LogP contribution in [0.25, 0.3) is 0 Å². The lowest BCUT2D eigenvalue weighted by molar-refractivity contribution is -0.140. The zero-order valence-corrected chi connectivity index (χ0v) is 26.1. The summed E-state index contributed by atoms with van der Waals surface area (Å²) in [5.74, 6) is -0.660. The molecule has 1 aliphatic carbocycles. The van der Waals surface area contributed by atoms with Gasteiger partial charge in [0.05, 0.1) is 10.6 Å². The fourth-order valence-electron chi connectivity index (χ4n) is 5.39. The van der Waals surface area contributed by atoms with Gasteiger partial charge in [0, 0.05) is 17.6 Å². The molecule has 0 aliphatic heterocycles. The Bertz CT molecular complexity index is 1470. The molecule has 2 amide bonds. The largest absolute Gasteiger partial charge is 0.352 e. The lowest BCUT2D eigenvalue weighted by Gasteiger charge is -2.34. The highest BCUT2D eigenvalue weighted by molar-refractivity contribution is 7.92. The van der Waals surface area contributed by atoms with Crippen LogP contribution in [0.4, 0.5) is 5.69 Å². The Morgan fingerprint density at radius 3 is 2.21 bits per heavy atom. The van der Waals surface area contributed by atoms with Gasteiger partial charge in [-0.3, -0.25) is 13.9 Å². The van der Waals surface area contributed by atoms with Crippen molar-refractivity contribution in [3.63, 3.8) is 0 Å². The number of nitrogens with zero attached hydrogens (tertiary/aromatic N) is 2. The highest BCUT2D eigenvalue weighted by Crippen LogP contribution is 2.28. The molecule has 1 N–H and O–H groups in total. The van der Waals surface area contributed by atoms with Crippen LogP contribution in [0.15, 0.2) is 77.7 Å². The van der Waals surface area contributed by atoms with Gasteiger partial charge < -0.3 is 10.2 Å². The summed E-state index contributed by atoms with van der Waals surface area (Å²) in [7, 11) is -4.15. The molecule has 0 spiro atoms. The molecule has 224 valence electrons. The number of carbonyl (C=O) groups is 2. The van der Waals surface area contributed by atoms with Crippen molar-refractivity contribution < 1.29 is 18.0 Å². The van der Waals surface area contributed by atoms with E-state index in [-0.39, 0.29) is 23.4 Å². The minimum absolute atomic E-state index is 0.0228. The van der Waals surface area contributed by atoms with Crippen molar-refractivity contribution in [2.24, 2.45) is 0 Å². The van der Waals surface area contributed by atoms with Gasteiger partial charge in [0.1, 0.15) is 12.6 Å². The first kappa shape index (κ1) is 31.6. The monoisotopic (exact) mass is 609 g/mol. The van der Waals surface area contributed by atoms with Crippen LogP contribution in [0.3, 0.4) is 0 Å². The fourth-order valence-corrected chi connectivity index (χ4v) is 6.92. The van der Waals surface area contributed by atoms with Crippen molar-refractivity contribution in [1.82, 2.24) is 10.2 Å². The third-order valence-electron chi connectivity index (χ3n) is 7.99. The Labute approximate surface area is 254 Å². The molecule has 4 rings (SSSR count). The second-order valence-electron chi connectivity index (χ2n) is 11.0. The molecule has 1 saturated carbocycles. The molecule has 0 radical (unpaired) electrons. The third kappa shape index (κ3) is 7.72. The molecule has 9 heteroatoms. The molecular formula is C33H40ClN3O4S. The van der Waals surface area contributed by atoms with E-state index in [4.69, 9.17) is 11.6 Å². The van der Waals surface area contributed by atoms with Crippen molar-refractivity contribution >= 4 is 39.1 Å². The van der Waals surface area contributed by atoms with Gasteiger partial charge in [-0.1, -0.05) is 74.2 Å². The van der Waals surface area contributed by atoms with Gasteiger partial charge >= 0.3 is 0 Å². The summed E-state index contributed by atoms with van der Waals surface area (Å²) in [4.78, 5) is 29.4. The molecule has 42 heavy (non-hydrogen) atoms. The SMILES string of the molecule is CC[C@H](C(=O)NC1CCCCC1)N(Cc1ccccc1)C(=O)CN(c1ccc(C)c(C)c1)S(=O)(=O)c1ccc(Cl)cc1. The molecular weight excluding hydrogens is 570 g/mol. The zero-order valence-electron chi connectivity index (χ0n) is 24.6. The second kappa shape index (κ2) is 14.2. The third-order valence-corrected chi connectivity index (χ3v) is 10.0. The summed E-state index contributed by atoms with van der Waals surface area (Å²) >= 11 is 6.04. The number of carbonyl (C=O) groups excluding carboxylic acids is 2. The number of nitrogens with one attached hydrogen (secondary N) is 1. The van der Waals surface area contributed by atoms with E-state index in [1.165, 1.54) is 35.6 Å². The summed E-state index contributed by atoms with van der Waals surface area (Å²) in [5.41, 5.74) is 3.13. The van der Waals surface area contributed by atoms with Crippen LogP contribution in [0.5, 0.6) is 0 Å². The maximum absolute atomic E-state index is 14.2. The molecule has 1 aliphatic rings. The molecule has 1 atom stereocenters. The van der Waals surface area contributed by atoms with Crippen molar-refractivity contribution in [3.8, 4) is 0 Å². The van der Waals surface area contributed by atoms with E-state index >= 15 is 0 Å². The van der Waals surface area contributed by atoms with Crippen molar-refractivity contribution in [2.45, 2.75) is 82.8 Å². The number of rotatable bonds is 11. The smallest absolute Gasteiger partial charge is 0.264 e. The highest BCUT2D eigenvalue weighted by Gasteiger charge is 2.34. The van der Waals surface area contributed by atoms with E-state index in [9.17, 15) is 18.0 Å². The topological polar surface area (TPSA) is 86.8 Å². The van der Waals surface area contributed by atoms with Gasteiger partial charge in [-0.05, 0) is 86.2 Å². The van der Waals surface area contributed by atoms with Crippen LogP contribution >= 0.6 is 11.6 Å². The molecule has 0 unspecified atom stereocenters. The molecule has 0 aromatic heterocycles. The van der Waals surface area contributed by atoms with Gasteiger partial charge in [-0.15, -0.1) is 0 Å². The predicted molar refractivity (Wildman–Crippen MR) is 168 cm³/mol. The molecule has 1 fully saturated rings. The molecule has 0 saturated heterocycles. The van der Waals surface area contributed by atoms with Gasteiger partial charge in [-0.2, -0.15) is 0 Å². The Balaban J connectivity index is 1.71. The first-order valence-corrected chi connectivity index (χ1v) is 16.4. The van der Waals surface area contributed by atoms with E-state index < -0.39 is 28.5 Å². The minimum atomic E-state index is -4.15. The van der Waals surface area contributed by atoms with Gasteiger partial charge in [-0.25, -0.2) is 8.42 Å². The number of anilines is 1. The highest BCUT2D eigenvalue weighted by atomic mass is 35.5. The Morgan fingerprint density at radius 2 is 1.60 bits per heavy atom. The van der Waals surface area contributed by atoms with Crippen molar-refractivity contribution in [3.05, 3.63) is 94.5 Å². The van der Waals surface area contributed by atoms with E-state index in [2.05, 4.69) is 5.32 Å². The summed E-state index contributed by atoms with van der Waals surface area (Å²) in [5, 5.41) is 3.58. The Kier molecular flexibility index (Phi) is 10.7. The average Bonchev–Trinajstić information content (AvgIpc) is 2.98. The standard InChI is InChI=1S/C33H40ClN3O4S/c1-4-31(33(39)35-28-13-9-6-10-14-28)36(22-26-11-7-5-8-12-26)32(38)23-37(29-18-15-24(2)25(3)21-29)42(40,41)30-19-16-27(34)17-20-30/h5,7-8,11-12,15-21,28,31H,4,6,9-10,13-14,22-23H2,1-3H3,(H,35,39)/t31-/m1/s1. The van der Waals surface area contributed by atoms with E-state index in [1.54, 1.807) is 12.1 Å². The van der Waals surface area contributed by atoms with Crippen molar-refractivity contribution in [2.75, 3.05) is 10.8 Å². The van der Waals surface area contributed by atoms with Crippen LogP contribution < -0.4 is 9.62 Å². The first-order valence-electron chi connectivity index (χ1n) is 14.6. The maximum Gasteiger partial charge on any atom is 0.264 e. The molecule has 0 bridgehead atoms. The summed E-state index contributed by atoms with van der Waals surface area (Å²) in [6, 6.07) is 20.0. The van der Waals surface area contributed by atoms with Crippen LogP contribution in [0.1, 0.15) is 62.1 Å².